The fourth-order valence-corrected chi connectivity index (χ4v) is 3.45. The van der Waals surface area contributed by atoms with Gasteiger partial charge in [0, 0.05) is 5.41 Å². The summed E-state index contributed by atoms with van der Waals surface area (Å²) in [5, 5.41) is 9.58. The summed E-state index contributed by atoms with van der Waals surface area (Å²) in [5.41, 5.74) is 1.58. The van der Waals surface area contributed by atoms with Crippen LogP contribution in [0.5, 0.6) is 0 Å². The smallest absolute Gasteiger partial charge is 0.0688 e. The molecule has 17 heavy (non-hydrogen) atoms. The Morgan fingerprint density at radius 3 is 2.65 bits per heavy atom. The van der Waals surface area contributed by atoms with Crippen LogP contribution < -0.4 is 0 Å². The molecule has 2 heterocycles. The van der Waals surface area contributed by atoms with E-state index in [1.807, 2.05) is 0 Å². The van der Waals surface area contributed by atoms with Crippen molar-refractivity contribution in [2.45, 2.75) is 58.5 Å². The maximum absolute atomic E-state index is 9.58. The average molecular weight is 238 g/mol. The summed E-state index contributed by atoms with van der Waals surface area (Å²) in [7, 11) is 0. The molecule has 1 aliphatic carbocycles. The van der Waals surface area contributed by atoms with E-state index < -0.39 is 0 Å². The van der Waals surface area contributed by atoms with Crippen LogP contribution in [0.2, 0.25) is 0 Å². The second kappa shape index (κ2) is 4.74. The van der Waals surface area contributed by atoms with Crippen LogP contribution in [-0.4, -0.2) is 23.9 Å². The van der Waals surface area contributed by atoms with Crippen molar-refractivity contribution in [1.82, 2.24) is 0 Å². The fourth-order valence-electron chi connectivity index (χ4n) is 3.45. The van der Waals surface area contributed by atoms with Crippen molar-refractivity contribution in [2.24, 2.45) is 11.3 Å². The van der Waals surface area contributed by atoms with Gasteiger partial charge in [-0.15, -0.1) is 0 Å². The molecule has 0 amide bonds. The van der Waals surface area contributed by atoms with Crippen molar-refractivity contribution in [2.75, 3.05) is 13.2 Å². The zero-order valence-electron chi connectivity index (χ0n) is 11.5. The Labute approximate surface area is 105 Å². The van der Waals surface area contributed by atoms with Crippen molar-refractivity contribution < 1.29 is 9.84 Å². The van der Waals surface area contributed by atoms with E-state index >= 15 is 0 Å². The second-order valence-electron chi connectivity index (χ2n) is 6.42. The normalized spacial score (nSPS) is 40.4. The van der Waals surface area contributed by atoms with Gasteiger partial charge >= 0.3 is 0 Å². The van der Waals surface area contributed by atoms with Gasteiger partial charge in [0.15, 0.2) is 0 Å². The van der Waals surface area contributed by atoms with E-state index in [9.17, 15) is 5.11 Å². The number of hydrogen-bond donors (Lipinski definition) is 1. The molecule has 1 saturated carbocycles. The SMILES string of the molecule is CC(C)=CCC[C@]12CC[C@](CO)(CO1)[C@@H](C)C2. The van der Waals surface area contributed by atoms with Crippen molar-refractivity contribution in [1.29, 1.82) is 0 Å². The molecule has 2 bridgehead atoms. The summed E-state index contributed by atoms with van der Waals surface area (Å²) in [6, 6.07) is 0. The summed E-state index contributed by atoms with van der Waals surface area (Å²) < 4.78 is 6.12. The van der Waals surface area contributed by atoms with Crippen LogP contribution in [0.4, 0.5) is 0 Å². The van der Waals surface area contributed by atoms with E-state index in [0.717, 1.165) is 38.7 Å². The molecule has 3 rings (SSSR count). The lowest BCUT2D eigenvalue weighted by Gasteiger charge is -2.56. The van der Waals surface area contributed by atoms with Crippen LogP contribution in [0.25, 0.3) is 0 Å². The van der Waals surface area contributed by atoms with Crippen LogP contribution in [0.15, 0.2) is 11.6 Å². The molecule has 0 unspecified atom stereocenters. The highest BCUT2D eigenvalue weighted by molar-refractivity contribution is 5.04. The van der Waals surface area contributed by atoms with E-state index in [4.69, 9.17) is 4.74 Å². The van der Waals surface area contributed by atoms with Gasteiger partial charge in [-0.2, -0.15) is 0 Å². The van der Waals surface area contributed by atoms with Gasteiger partial charge in [0.2, 0.25) is 0 Å². The first-order valence-corrected chi connectivity index (χ1v) is 6.90. The second-order valence-corrected chi connectivity index (χ2v) is 6.42. The lowest BCUT2D eigenvalue weighted by atomic mass is 9.59. The largest absolute Gasteiger partial charge is 0.396 e. The van der Waals surface area contributed by atoms with Gasteiger partial charge in [-0.3, -0.25) is 0 Å². The Hall–Kier alpha value is -0.340. The molecule has 0 spiro atoms. The minimum Gasteiger partial charge on any atom is -0.396 e. The molecule has 3 atom stereocenters. The van der Waals surface area contributed by atoms with Crippen molar-refractivity contribution >= 4 is 0 Å². The zero-order chi connectivity index (χ0) is 12.5. The minimum absolute atomic E-state index is 0.0677. The molecular formula is C15H26O2. The van der Waals surface area contributed by atoms with Crippen molar-refractivity contribution in [3.8, 4) is 0 Å². The Morgan fingerprint density at radius 2 is 2.18 bits per heavy atom. The molecule has 2 saturated heterocycles. The standard InChI is InChI=1S/C15H26O2/c1-12(2)5-4-6-15-8-7-14(10-16,11-17-15)13(3)9-15/h5,13,16H,4,6-11H2,1-3H3/t13-,14-,15+/m0/s1. The molecule has 1 N–H and O–H groups in total. The van der Waals surface area contributed by atoms with Crippen LogP contribution in [0, 0.1) is 11.3 Å². The number of ether oxygens (including phenoxy) is 1. The van der Waals surface area contributed by atoms with E-state index in [-0.39, 0.29) is 17.6 Å². The van der Waals surface area contributed by atoms with Gasteiger partial charge in [0.25, 0.3) is 0 Å². The molecule has 98 valence electrons. The zero-order valence-corrected chi connectivity index (χ0v) is 11.5. The topological polar surface area (TPSA) is 29.5 Å². The molecule has 2 heteroatoms. The lowest BCUT2D eigenvalue weighted by Crippen LogP contribution is -2.56. The molecule has 2 aliphatic heterocycles. The molecule has 2 nitrogen and oxygen atoms in total. The first-order valence-electron chi connectivity index (χ1n) is 6.90. The Morgan fingerprint density at radius 1 is 1.41 bits per heavy atom. The van der Waals surface area contributed by atoms with E-state index in [1.165, 1.54) is 5.57 Å². The highest BCUT2D eigenvalue weighted by atomic mass is 16.5. The lowest BCUT2D eigenvalue weighted by molar-refractivity contribution is -0.220. The first-order chi connectivity index (χ1) is 8.02. The molecule has 0 aromatic carbocycles. The Balaban J connectivity index is 1.98. The number of hydrogen-bond acceptors (Lipinski definition) is 2. The van der Waals surface area contributed by atoms with Crippen LogP contribution >= 0.6 is 0 Å². The molecule has 3 fully saturated rings. The Bertz CT molecular complexity index is 294. The molecule has 0 aromatic rings. The Kier molecular flexibility index (Phi) is 3.65. The third-order valence-electron chi connectivity index (χ3n) is 4.94. The number of allylic oxidation sites excluding steroid dienone is 2. The van der Waals surface area contributed by atoms with Crippen LogP contribution in [0.3, 0.4) is 0 Å². The number of aliphatic hydroxyl groups is 1. The quantitative estimate of drug-likeness (QED) is 0.761. The molecule has 0 radical (unpaired) electrons. The van der Waals surface area contributed by atoms with Crippen molar-refractivity contribution in [3.05, 3.63) is 11.6 Å². The highest BCUT2D eigenvalue weighted by Crippen LogP contribution is 2.53. The summed E-state index contributed by atoms with van der Waals surface area (Å²) in [4.78, 5) is 0. The molecular weight excluding hydrogens is 212 g/mol. The maximum Gasteiger partial charge on any atom is 0.0688 e. The van der Waals surface area contributed by atoms with Gasteiger partial charge in [0.05, 0.1) is 18.8 Å². The van der Waals surface area contributed by atoms with Gasteiger partial charge < -0.3 is 9.84 Å². The summed E-state index contributed by atoms with van der Waals surface area (Å²) in [5.74, 6) is 0.599. The van der Waals surface area contributed by atoms with E-state index in [2.05, 4.69) is 26.8 Å². The van der Waals surface area contributed by atoms with E-state index in [1.54, 1.807) is 0 Å². The number of rotatable bonds is 4. The predicted octanol–water partition coefficient (Wildman–Crippen LogP) is 3.30. The summed E-state index contributed by atoms with van der Waals surface area (Å²) >= 11 is 0. The fraction of sp³-hybridized carbons (Fsp3) is 0.867. The van der Waals surface area contributed by atoms with Gasteiger partial charge in [-0.1, -0.05) is 18.6 Å². The average Bonchev–Trinajstić information content (AvgIpc) is 2.30. The van der Waals surface area contributed by atoms with Gasteiger partial charge in [-0.25, -0.2) is 0 Å². The highest BCUT2D eigenvalue weighted by Gasteiger charge is 2.53. The first kappa shape index (κ1) is 13.1. The minimum atomic E-state index is 0.0677. The van der Waals surface area contributed by atoms with Gasteiger partial charge in [0.1, 0.15) is 0 Å². The van der Waals surface area contributed by atoms with E-state index in [0.29, 0.717) is 5.92 Å². The third-order valence-corrected chi connectivity index (χ3v) is 4.94. The molecule has 3 aliphatic rings. The predicted molar refractivity (Wildman–Crippen MR) is 69.9 cm³/mol. The van der Waals surface area contributed by atoms with Crippen molar-refractivity contribution in [3.63, 3.8) is 0 Å². The maximum atomic E-state index is 9.58. The number of fused-ring (bicyclic) bond motifs is 3. The summed E-state index contributed by atoms with van der Waals surface area (Å²) in [6.07, 6.45) is 7.98. The van der Waals surface area contributed by atoms with Crippen LogP contribution in [0.1, 0.15) is 52.9 Å². The van der Waals surface area contributed by atoms with Gasteiger partial charge in [-0.05, 0) is 51.9 Å². The number of aliphatic hydroxyl groups excluding tert-OH is 1. The monoisotopic (exact) mass is 238 g/mol. The molecule has 0 aromatic heterocycles. The van der Waals surface area contributed by atoms with Crippen LogP contribution in [-0.2, 0) is 4.74 Å². The third kappa shape index (κ3) is 2.43. The summed E-state index contributed by atoms with van der Waals surface area (Å²) in [6.45, 7) is 7.64.